The third-order valence-corrected chi connectivity index (χ3v) is 6.89. The fraction of sp³-hybridized carbons (Fsp3) is 0.391. The van der Waals surface area contributed by atoms with Crippen LogP contribution in [-0.4, -0.2) is 38.8 Å². The molecule has 0 unspecified atom stereocenters. The van der Waals surface area contributed by atoms with E-state index in [9.17, 15) is 22.8 Å². The summed E-state index contributed by atoms with van der Waals surface area (Å²) >= 11 is 3.15. The molecule has 1 saturated carbocycles. The fourth-order valence-corrected chi connectivity index (χ4v) is 4.83. The molecule has 1 fully saturated rings. The van der Waals surface area contributed by atoms with E-state index >= 15 is 0 Å². The Morgan fingerprint density at radius 1 is 1.31 bits per heavy atom. The Morgan fingerprint density at radius 3 is 2.71 bits per heavy atom. The van der Waals surface area contributed by atoms with Gasteiger partial charge in [0.05, 0.1) is 12.1 Å². The second kappa shape index (κ2) is 9.48. The number of hydrogen-bond acceptors (Lipinski definition) is 5. The molecule has 1 aliphatic rings. The molecule has 3 aromatic rings. The summed E-state index contributed by atoms with van der Waals surface area (Å²) in [6.45, 7) is 2.34. The first-order valence-electron chi connectivity index (χ1n) is 11.0. The zero-order chi connectivity index (χ0) is 25.4. The number of nitrogens with one attached hydrogen (secondary N) is 1. The Kier molecular flexibility index (Phi) is 6.76. The van der Waals surface area contributed by atoms with Crippen molar-refractivity contribution in [3.05, 3.63) is 58.2 Å². The van der Waals surface area contributed by atoms with E-state index in [2.05, 4.69) is 31.2 Å². The minimum atomic E-state index is -4.71. The molecule has 0 saturated heterocycles. The smallest absolute Gasteiger partial charge is 0.450 e. The maximum absolute atomic E-state index is 13.5. The molecule has 0 aromatic carbocycles. The van der Waals surface area contributed by atoms with Gasteiger partial charge < -0.3 is 15.8 Å². The number of ether oxygens (including phenoxy) is 1. The van der Waals surface area contributed by atoms with Crippen LogP contribution in [0.3, 0.4) is 0 Å². The van der Waals surface area contributed by atoms with Gasteiger partial charge in [-0.1, -0.05) is 13.3 Å². The van der Waals surface area contributed by atoms with Crippen molar-refractivity contribution in [1.82, 2.24) is 19.7 Å². The van der Waals surface area contributed by atoms with E-state index < -0.39 is 23.8 Å². The lowest BCUT2D eigenvalue weighted by Crippen LogP contribution is -2.51. The molecule has 2 amide bonds. The quantitative estimate of drug-likeness (QED) is 0.430. The number of carbonyl (C=O) groups excluding carboxylic acids is 2. The molecule has 0 aliphatic heterocycles. The zero-order valence-electron chi connectivity index (χ0n) is 18.7. The number of carbonyl (C=O) groups is 2. The molecular formula is C23H23BrF3N5O3. The fourth-order valence-electron chi connectivity index (χ4n) is 4.50. The van der Waals surface area contributed by atoms with Gasteiger partial charge in [0.1, 0.15) is 5.56 Å². The second-order valence-electron chi connectivity index (χ2n) is 8.64. The van der Waals surface area contributed by atoms with Crippen molar-refractivity contribution in [2.24, 2.45) is 11.1 Å². The van der Waals surface area contributed by atoms with E-state index in [1.165, 1.54) is 24.5 Å². The first-order valence-corrected chi connectivity index (χ1v) is 11.8. The first-order chi connectivity index (χ1) is 16.5. The number of halogens is 4. The third-order valence-electron chi connectivity index (χ3n) is 6.42. The maximum Gasteiger partial charge on any atom is 0.450 e. The number of imidazole rings is 1. The molecule has 1 aliphatic carbocycles. The third kappa shape index (κ3) is 5.12. The number of fused-ring (bicyclic) bond motifs is 1. The molecule has 3 heterocycles. The van der Waals surface area contributed by atoms with Crippen LogP contribution >= 0.6 is 15.9 Å². The summed E-state index contributed by atoms with van der Waals surface area (Å²) in [5.41, 5.74) is 5.26. The Hall–Kier alpha value is -3.15. The molecule has 186 valence electrons. The Balaban J connectivity index is 1.40. The van der Waals surface area contributed by atoms with Gasteiger partial charge in [-0.15, -0.1) is 0 Å². The van der Waals surface area contributed by atoms with Crippen molar-refractivity contribution in [2.75, 3.05) is 6.61 Å². The normalized spacial score (nSPS) is 19.9. The van der Waals surface area contributed by atoms with E-state index in [4.69, 9.17) is 10.5 Å². The monoisotopic (exact) mass is 553 g/mol. The highest BCUT2D eigenvalue weighted by Gasteiger charge is 2.44. The van der Waals surface area contributed by atoms with Gasteiger partial charge in [0.15, 0.2) is 5.69 Å². The molecule has 3 aromatic heterocycles. The van der Waals surface area contributed by atoms with Crippen molar-refractivity contribution in [3.8, 4) is 5.88 Å². The highest BCUT2D eigenvalue weighted by Crippen LogP contribution is 2.47. The van der Waals surface area contributed by atoms with Gasteiger partial charge in [0, 0.05) is 22.9 Å². The summed E-state index contributed by atoms with van der Waals surface area (Å²) in [5, 5.41) is 2.82. The molecule has 0 atom stereocenters. The lowest BCUT2D eigenvalue weighted by molar-refractivity contribution is -0.145. The van der Waals surface area contributed by atoms with Crippen LogP contribution in [0, 0.1) is 5.41 Å². The Labute approximate surface area is 207 Å². The molecule has 35 heavy (non-hydrogen) atoms. The van der Waals surface area contributed by atoms with Crippen LogP contribution in [0.15, 0.2) is 41.1 Å². The van der Waals surface area contributed by atoms with Crippen LogP contribution in [0.5, 0.6) is 5.88 Å². The van der Waals surface area contributed by atoms with Gasteiger partial charge in [0.25, 0.3) is 11.8 Å². The van der Waals surface area contributed by atoms with Crippen molar-refractivity contribution >= 4 is 33.3 Å². The molecule has 4 rings (SSSR count). The zero-order valence-corrected chi connectivity index (χ0v) is 20.3. The van der Waals surface area contributed by atoms with Gasteiger partial charge in [-0.3, -0.25) is 14.0 Å². The number of rotatable bonds is 8. The molecule has 0 bridgehead atoms. The summed E-state index contributed by atoms with van der Waals surface area (Å²) in [5.74, 6) is -2.25. The van der Waals surface area contributed by atoms with Crippen LogP contribution in [0.25, 0.3) is 5.52 Å². The van der Waals surface area contributed by atoms with Crippen molar-refractivity contribution in [2.45, 2.75) is 44.8 Å². The van der Waals surface area contributed by atoms with E-state index in [0.29, 0.717) is 30.3 Å². The number of aromatic nitrogens is 3. The summed E-state index contributed by atoms with van der Waals surface area (Å²) in [6.07, 6.45) is 0.808. The van der Waals surface area contributed by atoms with Gasteiger partial charge in [-0.05, 0) is 64.9 Å². The number of hydrogen-bond donors (Lipinski definition) is 2. The number of nitrogens with zero attached hydrogens (tertiary/aromatic N) is 3. The average molecular weight is 554 g/mol. The van der Waals surface area contributed by atoms with Crippen molar-refractivity contribution in [1.29, 1.82) is 0 Å². The van der Waals surface area contributed by atoms with Gasteiger partial charge in [0.2, 0.25) is 11.7 Å². The van der Waals surface area contributed by atoms with E-state index in [1.54, 1.807) is 12.1 Å². The molecule has 3 N–H and O–H groups in total. The van der Waals surface area contributed by atoms with Gasteiger partial charge in [-0.2, -0.15) is 13.2 Å². The standard InChI is InChI=1S/C23H23BrF3N5O3/c1-2-22(7-9-35-20-15(18(28)33)4-3-8-29-20)10-14(11-22)30-19(34)17-16-6-5-13(24)12-32(16)21(31-17)23(25,26)27/h3-6,8,12,14H,2,7,9-11H2,1H3,(H2,28,33)(H,30,34). The number of pyridine rings is 2. The molecule has 0 spiro atoms. The number of alkyl halides is 3. The van der Waals surface area contributed by atoms with Crippen LogP contribution in [0.4, 0.5) is 13.2 Å². The molecule has 0 radical (unpaired) electrons. The lowest BCUT2D eigenvalue weighted by Gasteiger charge is -2.47. The van der Waals surface area contributed by atoms with E-state index in [1.807, 2.05) is 6.92 Å². The first kappa shape index (κ1) is 25.0. The molecule has 8 nitrogen and oxygen atoms in total. The summed E-state index contributed by atoms with van der Waals surface area (Å²) in [7, 11) is 0. The Morgan fingerprint density at radius 2 is 2.06 bits per heavy atom. The van der Waals surface area contributed by atoms with Crippen LogP contribution in [0.1, 0.15) is 59.3 Å². The molecule has 12 heteroatoms. The van der Waals surface area contributed by atoms with Crippen LogP contribution in [-0.2, 0) is 6.18 Å². The summed E-state index contributed by atoms with van der Waals surface area (Å²) < 4.78 is 47.3. The van der Waals surface area contributed by atoms with Crippen molar-refractivity contribution < 1.29 is 27.5 Å². The SMILES string of the molecule is CCC1(CCOc2ncccc2C(N)=O)CC(NC(=O)c2nc(C(F)(F)F)n3cc(Br)ccc23)C1. The maximum atomic E-state index is 13.5. The minimum Gasteiger partial charge on any atom is -0.477 e. The lowest BCUT2D eigenvalue weighted by atomic mass is 9.62. The topological polar surface area (TPSA) is 112 Å². The van der Waals surface area contributed by atoms with Crippen LogP contribution in [0.2, 0.25) is 0 Å². The van der Waals surface area contributed by atoms with E-state index in [-0.39, 0.29) is 34.1 Å². The van der Waals surface area contributed by atoms with Gasteiger partial charge >= 0.3 is 6.18 Å². The van der Waals surface area contributed by atoms with Crippen LogP contribution < -0.4 is 15.8 Å². The number of primary amides is 1. The predicted molar refractivity (Wildman–Crippen MR) is 124 cm³/mol. The minimum absolute atomic E-state index is 0.0770. The highest BCUT2D eigenvalue weighted by atomic mass is 79.9. The summed E-state index contributed by atoms with van der Waals surface area (Å²) in [6, 6.07) is 5.93. The average Bonchev–Trinajstić information content (AvgIpc) is 3.16. The highest BCUT2D eigenvalue weighted by molar-refractivity contribution is 9.10. The van der Waals surface area contributed by atoms with Gasteiger partial charge in [-0.25, -0.2) is 9.97 Å². The van der Waals surface area contributed by atoms with Crippen molar-refractivity contribution in [3.63, 3.8) is 0 Å². The summed E-state index contributed by atoms with van der Waals surface area (Å²) in [4.78, 5) is 32.0. The predicted octanol–water partition coefficient (Wildman–Crippen LogP) is 4.37. The number of amides is 2. The largest absolute Gasteiger partial charge is 0.477 e. The van der Waals surface area contributed by atoms with E-state index in [0.717, 1.165) is 10.8 Å². The Bertz CT molecular complexity index is 1270. The second-order valence-corrected chi connectivity index (χ2v) is 9.55. The molecular weight excluding hydrogens is 531 g/mol. The number of nitrogens with two attached hydrogens (primary N) is 1.